The van der Waals surface area contributed by atoms with Gasteiger partial charge in [-0.25, -0.2) is 9.36 Å². The van der Waals surface area contributed by atoms with E-state index in [9.17, 15) is 28.8 Å². The molecule has 0 aromatic heterocycles. The summed E-state index contributed by atoms with van der Waals surface area (Å²) in [4.78, 5) is 63.3. The summed E-state index contributed by atoms with van der Waals surface area (Å²) in [7, 11) is -5.18. The molecule has 0 aromatic rings. The summed E-state index contributed by atoms with van der Waals surface area (Å²) in [6, 6.07) is 0. The summed E-state index contributed by atoms with van der Waals surface area (Å²) >= 11 is 0. The van der Waals surface area contributed by atoms with E-state index in [1.807, 2.05) is 0 Å². The number of phosphoric ester groups is 1. The zero-order valence-electron chi connectivity index (χ0n) is 14.4. The Morgan fingerprint density at radius 1 is 1.22 bits per heavy atom. The molecule has 0 aliphatic carbocycles. The Bertz CT molecular complexity index is 690. The topological polar surface area (TPSA) is 183 Å². The monoisotopic (exact) mass is 410 g/mol. The molecule has 0 amide bonds. The normalized spacial score (nSPS) is 17.9. The molecule has 0 aromatic carbocycles. The van der Waals surface area contributed by atoms with Crippen LogP contribution in [0.1, 0.15) is 33.1 Å². The van der Waals surface area contributed by atoms with Crippen LogP contribution in [0.3, 0.4) is 0 Å². The Hall–Kier alpha value is -2.43. The van der Waals surface area contributed by atoms with Crippen LogP contribution in [0.4, 0.5) is 0 Å². The van der Waals surface area contributed by atoms with Gasteiger partial charge in [-0.2, -0.15) is 0 Å². The minimum Gasteiger partial charge on any atom is -0.505 e. The average molecular weight is 410 g/mol. The number of hydrogen-bond acceptors (Lipinski definition) is 10. The summed E-state index contributed by atoms with van der Waals surface area (Å²) in [5.41, 5.74) is 0. The number of carbonyl (C=O) groups excluding carboxylic acids is 4. The number of ether oxygens (including phenoxy) is 3. The number of ketones is 1. The average Bonchev–Trinajstić information content (AvgIpc) is 2.83. The third-order valence-corrected chi connectivity index (χ3v) is 3.55. The van der Waals surface area contributed by atoms with Gasteiger partial charge in [0, 0.05) is 12.8 Å². The molecule has 1 heterocycles. The van der Waals surface area contributed by atoms with Crippen LogP contribution < -0.4 is 0 Å². The van der Waals surface area contributed by atoms with Gasteiger partial charge >= 0.3 is 25.7 Å². The van der Waals surface area contributed by atoms with Gasteiger partial charge in [-0.1, -0.05) is 6.92 Å². The van der Waals surface area contributed by atoms with Crippen LogP contribution in [0.2, 0.25) is 0 Å². The van der Waals surface area contributed by atoms with Crippen LogP contribution in [-0.4, -0.2) is 57.4 Å². The van der Waals surface area contributed by atoms with Gasteiger partial charge in [0.25, 0.3) is 5.76 Å². The first-order chi connectivity index (χ1) is 12.4. The first-order valence-electron chi connectivity index (χ1n) is 7.68. The molecule has 0 fully saturated rings. The number of hydrogen-bond donors (Lipinski definition) is 3. The number of aliphatic hydroxyl groups is 1. The predicted octanol–water partition coefficient (Wildman–Crippen LogP) is 0.0249. The maximum atomic E-state index is 11.8. The maximum Gasteiger partial charge on any atom is 0.525 e. The lowest BCUT2D eigenvalue weighted by Crippen LogP contribution is -2.38. The van der Waals surface area contributed by atoms with Gasteiger partial charge in [-0.3, -0.25) is 19.4 Å². The van der Waals surface area contributed by atoms with E-state index in [0.717, 1.165) is 0 Å². The van der Waals surface area contributed by atoms with Gasteiger partial charge in [0.15, 0.2) is 11.9 Å². The smallest absolute Gasteiger partial charge is 0.505 e. The molecule has 2 unspecified atom stereocenters. The molecule has 0 radical (unpaired) electrons. The second-order valence-corrected chi connectivity index (χ2v) is 6.55. The van der Waals surface area contributed by atoms with Gasteiger partial charge in [0.2, 0.25) is 6.10 Å². The van der Waals surface area contributed by atoms with Crippen molar-refractivity contribution in [1.29, 1.82) is 0 Å². The number of rotatable bonds is 10. The quantitative estimate of drug-likeness (QED) is 0.250. The molecule has 0 saturated carbocycles. The fourth-order valence-corrected chi connectivity index (χ4v) is 2.29. The van der Waals surface area contributed by atoms with Crippen LogP contribution in [0.5, 0.6) is 0 Å². The van der Waals surface area contributed by atoms with Gasteiger partial charge in [0.1, 0.15) is 12.4 Å². The largest absolute Gasteiger partial charge is 0.525 e. The van der Waals surface area contributed by atoms with E-state index in [2.05, 4.69) is 4.52 Å². The van der Waals surface area contributed by atoms with Crippen LogP contribution in [0.25, 0.3) is 0 Å². The van der Waals surface area contributed by atoms with Crippen molar-refractivity contribution in [2.75, 3.05) is 6.61 Å². The summed E-state index contributed by atoms with van der Waals surface area (Å²) in [6.07, 6.45) is -3.69. The number of aliphatic hydroxyl groups excluding tert-OH is 1. The van der Waals surface area contributed by atoms with E-state index in [-0.39, 0.29) is 25.0 Å². The van der Waals surface area contributed by atoms with E-state index in [1.54, 1.807) is 0 Å². The number of phosphoric acid groups is 1. The van der Waals surface area contributed by atoms with Crippen molar-refractivity contribution in [3.05, 3.63) is 11.5 Å². The lowest BCUT2D eigenvalue weighted by atomic mass is 10.1. The molecule has 152 valence electrons. The van der Waals surface area contributed by atoms with Crippen molar-refractivity contribution in [3.8, 4) is 0 Å². The molecule has 2 atom stereocenters. The van der Waals surface area contributed by atoms with Crippen molar-refractivity contribution >= 4 is 31.5 Å². The molecule has 1 rings (SSSR count). The molecular weight excluding hydrogens is 391 g/mol. The van der Waals surface area contributed by atoms with Gasteiger partial charge in [0.05, 0.1) is 6.42 Å². The zero-order chi connectivity index (χ0) is 20.8. The lowest BCUT2D eigenvalue weighted by molar-refractivity contribution is -0.171. The van der Waals surface area contributed by atoms with E-state index >= 15 is 0 Å². The van der Waals surface area contributed by atoms with Crippen LogP contribution in [0.15, 0.2) is 11.5 Å². The first-order valence-corrected chi connectivity index (χ1v) is 9.21. The summed E-state index contributed by atoms with van der Waals surface area (Å²) in [5.74, 6) is -5.48. The highest BCUT2D eigenvalue weighted by Gasteiger charge is 2.45. The van der Waals surface area contributed by atoms with Gasteiger partial charge in [-0.15, -0.1) is 0 Å². The zero-order valence-corrected chi connectivity index (χ0v) is 15.3. The number of Topliss-reactive ketones (excluding diaryl/α,β-unsaturated/α-hetero) is 1. The molecule has 0 bridgehead atoms. The van der Waals surface area contributed by atoms with Crippen LogP contribution in [0, 0.1) is 0 Å². The third kappa shape index (κ3) is 7.37. The van der Waals surface area contributed by atoms with E-state index < -0.39 is 56.1 Å². The Kier molecular flexibility index (Phi) is 7.95. The molecule has 1 aliphatic rings. The molecule has 13 heteroatoms. The lowest BCUT2D eigenvalue weighted by Gasteiger charge is -2.22. The molecule has 0 spiro atoms. The molecule has 3 N–H and O–H groups in total. The van der Waals surface area contributed by atoms with E-state index in [1.165, 1.54) is 13.8 Å². The minimum absolute atomic E-state index is 0.0101. The van der Waals surface area contributed by atoms with Crippen molar-refractivity contribution in [2.45, 2.75) is 45.3 Å². The van der Waals surface area contributed by atoms with Gasteiger partial charge in [-0.05, 0) is 6.92 Å². The number of esters is 3. The van der Waals surface area contributed by atoms with E-state index in [0.29, 0.717) is 0 Å². The summed E-state index contributed by atoms with van der Waals surface area (Å²) in [5, 5.41) is 9.99. The maximum absolute atomic E-state index is 11.8. The Labute approximate surface area is 153 Å². The highest BCUT2D eigenvalue weighted by molar-refractivity contribution is 7.46. The van der Waals surface area contributed by atoms with Crippen molar-refractivity contribution in [1.82, 2.24) is 0 Å². The summed E-state index contributed by atoms with van der Waals surface area (Å²) < 4.78 is 29.4. The van der Waals surface area contributed by atoms with Crippen molar-refractivity contribution < 1.29 is 57.4 Å². The highest BCUT2D eigenvalue weighted by atomic mass is 31.2. The first kappa shape index (κ1) is 22.6. The third-order valence-electron chi connectivity index (χ3n) is 3.13. The predicted molar refractivity (Wildman–Crippen MR) is 83.7 cm³/mol. The number of carbonyl (C=O) groups is 4. The molecule has 0 saturated heterocycles. The van der Waals surface area contributed by atoms with Gasteiger partial charge < -0.3 is 28.6 Å². The van der Waals surface area contributed by atoms with Crippen molar-refractivity contribution in [3.63, 3.8) is 0 Å². The molecule has 12 nitrogen and oxygen atoms in total. The molecule has 27 heavy (non-hydrogen) atoms. The van der Waals surface area contributed by atoms with E-state index in [4.69, 9.17) is 24.0 Å². The second kappa shape index (κ2) is 9.49. The Morgan fingerprint density at radius 2 is 1.85 bits per heavy atom. The van der Waals surface area contributed by atoms with Crippen LogP contribution in [-0.2, 0) is 42.5 Å². The summed E-state index contributed by atoms with van der Waals surface area (Å²) in [6.45, 7) is 2.13. The molecule has 1 aliphatic heterocycles. The standard InChI is InChI=1S/C14H19O12P/c1-3-9(16)23-6-8(24-10(17)5-4-7(2)15)12-11(18)13(14(19)25-12)26-27(20,21)22/h8,12,18H,3-6H2,1-2H3,(H2,20,21,22). The number of cyclic esters (lactones) is 1. The SMILES string of the molecule is CCC(=O)OCC(OC(=O)CCC(C)=O)C1OC(=O)C(OP(=O)(O)O)=C1O. The Morgan fingerprint density at radius 3 is 2.37 bits per heavy atom. The second-order valence-electron chi connectivity index (χ2n) is 5.39. The van der Waals surface area contributed by atoms with Crippen molar-refractivity contribution in [2.24, 2.45) is 0 Å². The highest BCUT2D eigenvalue weighted by Crippen LogP contribution is 2.42. The Balaban J connectivity index is 2.98. The molecular formula is C14H19O12P. The fourth-order valence-electron chi connectivity index (χ4n) is 1.88. The minimum atomic E-state index is -5.18. The fraction of sp³-hybridized carbons (Fsp3) is 0.571. The van der Waals surface area contributed by atoms with Crippen LogP contribution >= 0.6 is 7.82 Å².